The number of phosphoric ester groups is 1. The van der Waals surface area contributed by atoms with Gasteiger partial charge in [-0.3, -0.25) is 9.36 Å². The van der Waals surface area contributed by atoms with E-state index in [9.17, 15) is 19.4 Å². The predicted octanol–water partition coefficient (Wildman–Crippen LogP) is 20.4. The van der Waals surface area contributed by atoms with Crippen molar-refractivity contribution >= 4 is 13.7 Å². The molecule has 2 N–H and O–H groups in total. The summed E-state index contributed by atoms with van der Waals surface area (Å²) < 4.78 is 23.4. The number of phosphoric acid groups is 1. The van der Waals surface area contributed by atoms with E-state index < -0.39 is 20.0 Å². The molecule has 0 aromatic carbocycles. The lowest BCUT2D eigenvalue weighted by molar-refractivity contribution is -0.870. The van der Waals surface area contributed by atoms with Crippen LogP contribution in [0.25, 0.3) is 0 Å². The number of aliphatic hydroxyl groups is 1. The summed E-state index contributed by atoms with van der Waals surface area (Å²) in [6.07, 6.45) is 83.0. The first kappa shape index (κ1) is 75.9. The van der Waals surface area contributed by atoms with E-state index >= 15 is 0 Å². The second-order valence-corrected chi connectivity index (χ2v) is 25.2. The lowest BCUT2D eigenvalue weighted by Crippen LogP contribution is -2.45. The van der Waals surface area contributed by atoms with E-state index in [0.29, 0.717) is 17.4 Å². The van der Waals surface area contributed by atoms with Crippen LogP contribution in [0.5, 0.6) is 0 Å². The van der Waals surface area contributed by atoms with Crippen molar-refractivity contribution in [1.82, 2.24) is 5.32 Å². The zero-order valence-corrected chi connectivity index (χ0v) is 53.0. The molecule has 0 saturated carbocycles. The highest BCUT2D eigenvalue weighted by atomic mass is 31.2. The number of carbonyl (C=O) groups excluding carboxylic acids is 1. The standard InChI is InChI=1S/C69H129N2O6P/c1-6-8-10-12-14-16-18-20-22-24-26-27-28-29-30-31-32-33-34-35-36-37-38-39-40-41-42-43-45-47-49-51-53-55-57-59-61-63-69(73)70-67(66-77-78(74,75)76-65-64-71(3,4)5)68(72)62-60-58-56-54-52-50-48-46-44-25-23-21-19-17-15-13-11-9-7-2/h8,10,14,16,20,22,26-27,29-30,60,62,67-68,72H,6-7,9,11-13,15,17-19,21,23-25,28,31-59,61,63-66H2,1-5H3,(H-,70,73,74,75)/b10-8-,16-14-,22-20-,27-26-,30-29-,62-60+. The molecule has 0 aromatic heterocycles. The van der Waals surface area contributed by atoms with E-state index in [1.165, 1.54) is 218 Å². The molecule has 456 valence electrons. The van der Waals surface area contributed by atoms with Gasteiger partial charge in [0, 0.05) is 6.42 Å². The van der Waals surface area contributed by atoms with Gasteiger partial charge < -0.3 is 28.8 Å². The second kappa shape index (κ2) is 59.6. The summed E-state index contributed by atoms with van der Waals surface area (Å²) in [4.78, 5) is 25.6. The number of aliphatic hydroxyl groups excluding tert-OH is 1. The van der Waals surface area contributed by atoms with Crippen molar-refractivity contribution < 1.29 is 32.9 Å². The number of nitrogens with one attached hydrogen (secondary N) is 1. The molecule has 0 aliphatic heterocycles. The monoisotopic (exact) mass is 1110 g/mol. The first-order valence-electron chi connectivity index (χ1n) is 33.3. The van der Waals surface area contributed by atoms with Crippen LogP contribution in [0.2, 0.25) is 0 Å². The molecule has 3 atom stereocenters. The molecule has 78 heavy (non-hydrogen) atoms. The predicted molar refractivity (Wildman–Crippen MR) is 339 cm³/mol. The molecule has 0 bridgehead atoms. The van der Waals surface area contributed by atoms with Crippen LogP contribution in [0.3, 0.4) is 0 Å². The summed E-state index contributed by atoms with van der Waals surface area (Å²) in [6.45, 7) is 4.57. The number of nitrogens with zero attached hydrogens (tertiary/aromatic N) is 1. The van der Waals surface area contributed by atoms with E-state index in [-0.39, 0.29) is 19.1 Å². The quantitative estimate of drug-likeness (QED) is 0.0272. The summed E-state index contributed by atoms with van der Waals surface area (Å²) >= 11 is 0. The number of carbonyl (C=O) groups is 1. The van der Waals surface area contributed by atoms with E-state index in [2.05, 4.69) is 79.9 Å². The first-order chi connectivity index (χ1) is 38.0. The Hall–Kier alpha value is -2.06. The third-order valence-corrected chi connectivity index (χ3v) is 15.9. The normalized spacial score (nSPS) is 14.2. The van der Waals surface area contributed by atoms with Gasteiger partial charge in [-0.15, -0.1) is 0 Å². The van der Waals surface area contributed by atoms with Gasteiger partial charge in [-0.1, -0.05) is 311 Å². The third-order valence-electron chi connectivity index (χ3n) is 14.9. The van der Waals surface area contributed by atoms with Crippen molar-refractivity contribution in [2.45, 2.75) is 321 Å². The van der Waals surface area contributed by atoms with Crippen LogP contribution in [0.15, 0.2) is 72.9 Å². The molecular formula is C69H129N2O6P. The molecule has 0 aliphatic rings. The number of quaternary nitrogens is 1. The van der Waals surface area contributed by atoms with Crippen LogP contribution in [0.1, 0.15) is 309 Å². The number of likely N-dealkylation sites (N-methyl/N-ethyl adjacent to an activating group) is 1. The van der Waals surface area contributed by atoms with Crippen molar-refractivity contribution in [3.05, 3.63) is 72.9 Å². The number of hydrogen-bond donors (Lipinski definition) is 2. The lowest BCUT2D eigenvalue weighted by atomic mass is 10.0. The van der Waals surface area contributed by atoms with Gasteiger partial charge in [-0.25, -0.2) is 0 Å². The molecule has 1 amide bonds. The maximum Gasteiger partial charge on any atom is 0.268 e. The molecule has 0 rings (SSSR count). The molecule has 3 unspecified atom stereocenters. The lowest BCUT2D eigenvalue weighted by Gasteiger charge is -2.29. The van der Waals surface area contributed by atoms with Gasteiger partial charge >= 0.3 is 0 Å². The highest BCUT2D eigenvalue weighted by molar-refractivity contribution is 7.45. The molecule has 0 radical (unpaired) electrons. The van der Waals surface area contributed by atoms with Gasteiger partial charge in [0.15, 0.2) is 0 Å². The first-order valence-corrected chi connectivity index (χ1v) is 34.8. The smallest absolute Gasteiger partial charge is 0.268 e. The average Bonchev–Trinajstić information content (AvgIpc) is 3.41. The van der Waals surface area contributed by atoms with Crippen molar-refractivity contribution in [3.63, 3.8) is 0 Å². The largest absolute Gasteiger partial charge is 0.756 e. The van der Waals surface area contributed by atoms with Gasteiger partial charge in [0.1, 0.15) is 13.2 Å². The Bertz CT molecular complexity index is 1500. The third kappa shape index (κ3) is 61.6. The van der Waals surface area contributed by atoms with E-state index in [4.69, 9.17) is 9.05 Å². The van der Waals surface area contributed by atoms with Crippen LogP contribution in [0.4, 0.5) is 0 Å². The molecule has 0 spiro atoms. The highest BCUT2D eigenvalue weighted by Gasteiger charge is 2.23. The minimum Gasteiger partial charge on any atom is -0.756 e. The molecule has 8 nitrogen and oxygen atoms in total. The van der Waals surface area contributed by atoms with Gasteiger partial charge in [-0.05, 0) is 64.2 Å². The van der Waals surface area contributed by atoms with Crippen LogP contribution in [-0.4, -0.2) is 68.5 Å². The van der Waals surface area contributed by atoms with Crippen LogP contribution >= 0.6 is 7.82 Å². The van der Waals surface area contributed by atoms with Crippen molar-refractivity contribution in [2.24, 2.45) is 0 Å². The maximum absolute atomic E-state index is 13.0. The molecule has 0 saturated heterocycles. The number of rotatable bonds is 61. The second-order valence-electron chi connectivity index (χ2n) is 23.8. The molecular weight excluding hydrogens is 984 g/mol. The summed E-state index contributed by atoms with van der Waals surface area (Å²) in [5.74, 6) is -0.193. The Labute approximate surface area is 484 Å². The average molecular weight is 1110 g/mol. The maximum atomic E-state index is 13.0. The number of amides is 1. The number of hydrogen-bond acceptors (Lipinski definition) is 6. The summed E-state index contributed by atoms with van der Waals surface area (Å²) in [5.41, 5.74) is 0. The molecule has 9 heteroatoms. The summed E-state index contributed by atoms with van der Waals surface area (Å²) in [5, 5.41) is 13.9. The van der Waals surface area contributed by atoms with E-state index in [1.54, 1.807) is 6.08 Å². The van der Waals surface area contributed by atoms with Crippen molar-refractivity contribution in [1.29, 1.82) is 0 Å². The highest BCUT2D eigenvalue weighted by Crippen LogP contribution is 2.38. The molecule has 0 fully saturated rings. The molecule has 0 aliphatic carbocycles. The Kier molecular flexibility index (Phi) is 58.0. The van der Waals surface area contributed by atoms with Gasteiger partial charge in [0.05, 0.1) is 39.9 Å². The Morgan fingerprint density at radius 2 is 0.782 bits per heavy atom. The van der Waals surface area contributed by atoms with Crippen LogP contribution in [0, 0.1) is 0 Å². The topological polar surface area (TPSA) is 108 Å². The molecule has 0 aromatic rings. The fraction of sp³-hybridized carbons (Fsp3) is 0.812. The van der Waals surface area contributed by atoms with Crippen molar-refractivity contribution in [3.8, 4) is 0 Å². The van der Waals surface area contributed by atoms with Gasteiger partial charge in [0.2, 0.25) is 5.91 Å². The minimum atomic E-state index is -4.60. The SMILES string of the molecule is CC/C=C\C/C=C\C/C=C\C/C=C\C/C=C\CCCCCCCCCCCCCCCCCCCCCCCC(=O)NC(COP(=O)([O-])OCC[N+](C)(C)C)C(O)/C=C/CCCCCCCCCCCCCCCCCCC. The van der Waals surface area contributed by atoms with E-state index in [0.717, 1.165) is 70.6 Å². The van der Waals surface area contributed by atoms with Crippen molar-refractivity contribution in [2.75, 3.05) is 40.9 Å². The Balaban J connectivity index is 4.00. The Morgan fingerprint density at radius 3 is 1.14 bits per heavy atom. The van der Waals surface area contributed by atoms with Gasteiger partial charge in [0.25, 0.3) is 7.82 Å². The fourth-order valence-corrected chi connectivity index (χ4v) is 10.5. The summed E-state index contributed by atoms with van der Waals surface area (Å²) in [6, 6.07) is -0.888. The fourth-order valence-electron chi connectivity index (χ4n) is 9.77. The summed E-state index contributed by atoms with van der Waals surface area (Å²) in [7, 11) is 1.27. The Morgan fingerprint density at radius 1 is 0.462 bits per heavy atom. The zero-order chi connectivity index (χ0) is 57.0. The number of unbranched alkanes of at least 4 members (excludes halogenated alkanes) is 38. The van der Waals surface area contributed by atoms with Crippen LogP contribution < -0.4 is 10.2 Å². The molecule has 0 heterocycles. The van der Waals surface area contributed by atoms with E-state index in [1.807, 2.05) is 27.2 Å². The minimum absolute atomic E-state index is 0.000636. The van der Waals surface area contributed by atoms with Crippen LogP contribution in [-0.2, 0) is 18.4 Å². The number of allylic oxidation sites excluding steroid dienone is 11. The van der Waals surface area contributed by atoms with Gasteiger partial charge in [-0.2, -0.15) is 0 Å². The zero-order valence-electron chi connectivity index (χ0n) is 52.1.